The zero-order chi connectivity index (χ0) is 29.7. The van der Waals surface area contributed by atoms with E-state index in [1.54, 1.807) is 50.2 Å². The second-order valence-electron chi connectivity index (χ2n) is 10.1. The SMILES string of the molecule is CCCC(C)C(=O)Oc1ccc(C[C@](N)(CCOC(=O)c2ccccc2)C(=O)OC)cc1OC(=O)C(C)CCC. The van der Waals surface area contributed by atoms with Crippen molar-refractivity contribution in [1.29, 1.82) is 0 Å². The lowest BCUT2D eigenvalue weighted by atomic mass is 9.88. The van der Waals surface area contributed by atoms with Crippen molar-refractivity contribution in [3.8, 4) is 11.5 Å². The normalized spacial score (nSPS) is 13.8. The number of methoxy groups -OCH3 is 1. The highest BCUT2D eigenvalue weighted by Gasteiger charge is 2.36. The molecule has 0 aliphatic heterocycles. The number of carbonyl (C=O) groups excluding carboxylic acids is 4. The molecule has 2 aromatic rings. The lowest BCUT2D eigenvalue weighted by Gasteiger charge is -2.27. The molecule has 2 rings (SSSR count). The number of nitrogens with two attached hydrogens (primary N) is 1. The standard InChI is InChI=1S/C31H41NO8/c1-6-11-21(3)27(33)39-25-16-15-23(19-26(25)40-28(34)22(4)12-7-2)20-31(32,30(36)37-5)17-18-38-29(35)24-13-9-8-10-14-24/h8-10,13-16,19,21-22H,6-7,11-12,17-18,20,32H2,1-5H3/t21?,22?,31-/m1/s1. The van der Waals surface area contributed by atoms with Gasteiger partial charge < -0.3 is 24.7 Å². The van der Waals surface area contributed by atoms with Crippen LogP contribution in [0.1, 0.15) is 75.7 Å². The molecule has 0 saturated heterocycles. The number of hydrogen-bond donors (Lipinski definition) is 1. The summed E-state index contributed by atoms with van der Waals surface area (Å²) in [5.41, 5.74) is 5.85. The summed E-state index contributed by atoms with van der Waals surface area (Å²) in [5, 5.41) is 0. The molecule has 3 atom stereocenters. The van der Waals surface area contributed by atoms with Gasteiger partial charge in [0.2, 0.25) is 0 Å². The van der Waals surface area contributed by atoms with Gasteiger partial charge in [-0.1, -0.05) is 64.8 Å². The molecule has 0 heterocycles. The van der Waals surface area contributed by atoms with Crippen molar-refractivity contribution in [1.82, 2.24) is 0 Å². The molecular weight excluding hydrogens is 514 g/mol. The van der Waals surface area contributed by atoms with E-state index in [0.29, 0.717) is 24.0 Å². The maximum atomic E-state index is 12.7. The van der Waals surface area contributed by atoms with E-state index < -0.39 is 29.4 Å². The fraction of sp³-hybridized carbons (Fsp3) is 0.484. The Kier molecular flexibility index (Phi) is 12.8. The van der Waals surface area contributed by atoms with Gasteiger partial charge in [-0.2, -0.15) is 0 Å². The Labute approximate surface area is 236 Å². The second-order valence-corrected chi connectivity index (χ2v) is 10.1. The molecule has 0 aliphatic carbocycles. The van der Waals surface area contributed by atoms with Crippen molar-refractivity contribution in [2.75, 3.05) is 13.7 Å². The van der Waals surface area contributed by atoms with Gasteiger partial charge in [-0.05, 0) is 42.7 Å². The average molecular weight is 556 g/mol. The van der Waals surface area contributed by atoms with Crippen LogP contribution in [-0.4, -0.2) is 43.1 Å². The van der Waals surface area contributed by atoms with Crippen molar-refractivity contribution in [2.24, 2.45) is 17.6 Å². The third kappa shape index (κ3) is 9.48. The topological polar surface area (TPSA) is 131 Å². The largest absolute Gasteiger partial charge is 0.468 e. The minimum Gasteiger partial charge on any atom is -0.468 e. The Morgan fingerprint density at radius 2 is 1.43 bits per heavy atom. The zero-order valence-corrected chi connectivity index (χ0v) is 24.1. The predicted octanol–water partition coefficient (Wildman–Crippen LogP) is 5.03. The van der Waals surface area contributed by atoms with Gasteiger partial charge in [0.15, 0.2) is 11.5 Å². The lowest BCUT2D eigenvalue weighted by Crippen LogP contribution is -2.51. The molecule has 0 aromatic heterocycles. The summed E-state index contributed by atoms with van der Waals surface area (Å²) in [6, 6.07) is 13.2. The first-order valence-corrected chi connectivity index (χ1v) is 13.7. The van der Waals surface area contributed by atoms with Gasteiger partial charge >= 0.3 is 23.9 Å². The Morgan fingerprint density at radius 1 is 0.850 bits per heavy atom. The van der Waals surface area contributed by atoms with Gasteiger partial charge in [0.1, 0.15) is 5.54 Å². The maximum Gasteiger partial charge on any atom is 0.338 e. The average Bonchev–Trinajstić information content (AvgIpc) is 2.94. The molecule has 9 heteroatoms. The first kappa shape index (κ1) is 32.5. The molecule has 218 valence electrons. The van der Waals surface area contributed by atoms with Crippen LogP contribution in [0, 0.1) is 11.8 Å². The van der Waals surface area contributed by atoms with Crippen LogP contribution in [0.25, 0.3) is 0 Å². The van der Waals surface area contributed by atoms with Crippen LogP contribution < -0.4 is 15.2 Å². The van der Waals surface area contributed by atoms with E-state index in [2.05, 4.69) is 0 Å². The summed E-state index contributed by atoms with van der Waals surface area (Å²) in [7, 11) is 1.22. The monoisotopic (exact) mass is 555 g/mol. The predicted molar refractivity (Wildman–Crippen MR) is 150 cm³/mol. The fourth-order valence-corrected chi connectivity index (χ4v) is 4.16. The van der Waals surface area contributed by atoms with E-state index >= 15 is 0 Å². The molecular formula is C31H41NO8. The molecule has 9 nitrogen and oxygen atoms in total. The molecule has 0 spiro atoms. The van der Waals surface area contributed by atoms with Crippen LogP contribution in [-0.2, 0) is 30.3 Å². The second kappa shape index (κ2) is 15.8. The van der Waals surface area contributed by atoms with Crippen molar-refractivity contribution in [3.63, 3.8) is 0 Å². The molecule has 0 fully saturated rings. The molecule has 40 heavy (non-hydrogen) atoms. The number of rotatable bonds is 15. The minimum absolute atomic E-state index is 0.0158. The quantitative estimate of drug-likeness (QED) is 0.237. The molecule has 2 unspecified atom stereocenters. The number of hydrogen-bond acceptors (Lipinski definition) is 9. The van der Waals surface area contributed by atoms with Gasteiger partial charge in [0, 0.05) is 12.8 Å². The smallest absolute Gasteiger partial charge is 0.338 e. The maximum absolute atomic E-state index is 12.7. The van der Waals surface area contributed by atoms with Crippen LogP contribution in [0.4, 0.5) is 0 Å². The van der Waals surface area contributed by atoms with E-state index in [1.807, 2.05) is 13.8 Å². The van der Waals surface area contributed by atoms with Crippen molar-refractivity contribution in [2.45, 2.75) is 71.8 Å². The van der Waals surface area contributed by atoms with Crippen LogP contribution in [0.2, 0.25) is 0 Å². The van der Waals surface area contributed by atoms with E-state index in [9.17, 15) is 19.2 Å². The number of carbonyl (C=O) groups is 4. The molecule has 2 N–H and O–H groups in total. The van der Waals surface area contributed by atoms with Crippen molar-refractivity contribution in [3.05, 3.63) is 59.7 Å². The van der Waals surface area contributed by atoms with Gasteiger partial charge in [-0.25, -0.2) is 4.79 Å². The summed E-state index contributed by atoms with van der Waals surface area (Å²) in [4.78, 5) is 50.4. The highest BCUT2D eigenvalue weighted by molar-refractivity contribution is 5.89. The minimum atomic E-state index is -1.55. The third-order valence-corrected chi connectivity index (χ3v) is 6.58. The Bertz CT molecular complexity index is 1150. The van der Waals surface area contributed by atoms with E-state index in [4.69, 9.17) is 24.7 Å². The molecule has 0 amide bonds. The van der Waals surface area contributed by atoms with Crippen LogP contribution in [0.3, 0.4) is 0 Å². The van der Waals surface area contributed by atoms with Gasteiger partial charge in [0.25, 0.3) is 0 Å². The zero-order valence-electron chi connectivity index (χ0n) is 24.1. The van der Waals surface area contributed by atoms with Gasteiger partial charge in [-0.15, -0.1) is 0 Å². The Hall–Kier alpha value is -3.72. The third-order valence-electron chi connectivity index (χ3n) is 6.58. The summed E-state index contributed by atoms with van der Waals surface area (Å²) in [6.07, 6.45) is 2.87. The van der Waals surface area contributed by atoms with Crippen LogP contribution in [0.15, 0.2) is 48.5 Å². The number of benzene rings is 2. The summed E-state index contributed by atoms with van der Waals surface area (Å²) >= 11 is 0. The highest BCUT2D eigenvalue weighted by atomic mass is 16.6. The summed E-state index contributed by atoms with van der Waals surface area (Å²) < 4.78 is 21.5. The van der Waals surface area contributed by atoms with E-state index in [0.717, 1.165) is 12.8 Å². The van der Waals surface area contributed by atoms with Crippen LogP contribution >= 0.6 is 0 Å². The van der Waals surface area contributed by atoms with E-state index in [-0.39, 0.29) is 42.8 Å². The van der Waals surface area contributed by atoms with E-state index in [1.165, 1.54) is 19.2 Å². The van der Waals surface area contributed by atoms with Gasteiger partial charge in [-0.3, -0.25) is 14.4 Å². The van der Waals surface area contributed by atoms with Crippen molar-refractivity contribution < 1.29 is 38.1 Å². The first-order chi connectivity index (χ1) is 19.0. The first-order valence-electron chi connectivity index (χ1n) is 13.7. The summed E-state index contributed by atoms with van der Waals surface area (Å²) in [5.74, 6) is -2.65. The fourth-order valence-electron chi connectivity index (χ4n) is 4.16. The molecule has 0 bridgehead atoms. The molecule has 0 saturated carbocycles. The molecule has 2 aromatic carbocycles. The highest BCUT2D eigenvalue weighted by Crippen LogP contribution is 2.32. The number of esters is 4. The van der Waals surface area contributed by atoms with Crippen LogP contribution in [0.5, 0.6) is 11.5 Å². The van der Waals surface area contributed by atoms with Crippen molar-refractivity contribution >= 4 is 23.9 Å². The molecule has 0 radical (unpaired) electrons. The lowest BCUT2D eigenvalue weighted by molar-refractivity contribution is -0.147. The number of ether oxygens (including phenoxy) is 4. The van der Waals surface area contributed by atoms with Gasteiger partial charge in [0.05, 0.1) is 31.1 Å². The molecule has 0 aliphatic rings. The Balaban J connectivity index is 2.28. The summed E-state index contributed by atoms with van der Waals surface area (Å²) in [6.45, 7) is 7.37. The Morgan fingerprint density at radius 3 is 1.98 bits per heavy atom.